The van der Waals surface area contributed by atoms with Crippen molar-refractivity contribution < 1.29 is 14.3 Å². The van der Waals surface area contributed by atoms with Crippen LogP contribution in [0.5, 0.6) is 0 Å². The van der Waals surface area contributed by atoms with Crippen LogP contribution in [0.4, 0.5) is 5.69 Å². The van der Waals surface area contributed by atoms with Crippen LogP contribution in [0.2, 0.25) is 0 Å². The first-order valence-electron chi connectivity index (χ1n) is 10.3. The SMILES string of the molecule is CCOC(=O)c1ccn(-c2cccc(NC(=O)CSc3nncn3-c3ccc(C)cc3)c2)n1. The number of ether oxygens (including phenoxy) is 1. The minimum absolute atomic E-state index is 0.170. The van der Waals surface area contributed by atoms with Gasteiger partial charge in [0.2, 0.25) is 5.91 Å². The van der Waals surface area contributed by atoms with E-state index in [9.17, 15) is 9.59 Å². The molecule has 9 nitrogen and oxygen atoms in total. The van der Waals surface area contributed by atoms with E-state index in [-0.39, 0.29) is 24.0 Å². The molecule has 0 atom stereocenters. The maximum absolute atomic E-state index is 12.5. The van der Waals surface area contributed by atoms with Crippen molar-refractivity contribution in [3.05, 3.63) is 78.4 Å². The summed E-state index contributed by atoms with van der Waals surface area (Å²) >= 11 is 1.30. The Hall–Kier alpha value is -3.92. The number of aryl methyl sites for hydroxylation is 1. The fourth-order valence-electron chi connectivity index (χ4n) is 3.04. The summed E-state index contributed by atoms with van der Waals surface area (Å²) < 4.78 is 8.37. The number of aromatic nitrogens is 5. The van der Waals surface area contributed by atoms with E-state index in [0.29, 0.717) is 16.5 Å². The van der Waals surface area contributed by atoms with E-state index in [1.807, 2.05) is 41.8 Å². The van der Waals surface area contributed by atoms with Crippen molar-refractivity contribution in [3.63, 3.8) is 0 Å². The molecule has 0 aliphatic rings. The number of rotatable bonds is 8. The van der Waals surface area contributed by atoms with Gasteiger partial charge in [0.15, 0.2) is 10.9 Å². The second kappa shape index (κ2) is 10.1. The predicted molar refractivity (Wildman–Crippen MR) is 125 cm³/mol. The highest BCUT2D eigenvalue weighted by molar-refractivity contribution is 7.99. The molecule has 0 saturated carbocycles. The Balaban J connectivity index is 1.39. The third-order valence-corrected chi connectivity index (χ3v) is 5.57. The lowest BCUT2D eigenvalue weighted by atomic mass is 10.2. The van der Waals surface area contributed by atoms with E-state index >= 15 is 0 Å². The van der Waals surface area contributed by atoms with Crippen molar-refractivity contribution in [1.29, 1.82) is 0 Å². The summed E-state index contributed by atoms with van der Waals surface area (Å²) in [6, 6.07) is 16.8. The molecule has 0 saturated heterocycles. The monoisotopic (exact) mass is 462 g/mol. The largest absolute Gasteiger partial charge is 0.461 e. The second-order valence-corrected chi connectivity index (χ2v) is 8.01. The Kier molecular flexibility index (Phi) is 6.84. The van der Waals surface area contributed by atoms with Gasteiger partial charge < -0.3 is 10.1 Å². The van der Waals surface area contributed by atoms with Crippen LogP contribution in [-0.4, -0.2) is 48.8 Å². The predicted octanol–water partition coefficient (Wildman–Crippen LogP) is 3.67. The van der Waals surface area contributed by atoms with Crippen molar-refractivity contribution >= 4 is 29.3 Å². The number of amides is 1. The molecule has 0 aliphatic carbocycles. The zero-order chi connectivity index (χ0) is 23.2. The summed E-state index contributed by atoms with van der Waals surface area (Å²) in [4.78, 5) is 24.4. The molecule has 0 fully saturated rings. The maximum atomic E-state index is 12.5. The number of nitrogens with zero attached hydrogens (tertiary/aromatic N) is 5. The Morgan fingerprint density at radius 2 is 1.91 bits per heavy atom. The molecule has 2 aromatic carbocycles. The first-order chi connectivity index (χ1) is 16.0. The van der Waals surface area contributed by atoms with Crippen LogP contribution in [0.3, 0.4) is 0 Å². The number of benzene rings is 2. The van der Waals surface area contributed by atoms with E-state index in [0.717, 1.165) is 11.3 Å². The fraction of sp³-hybridized carbons (Fsp3) is 0.174. The average Bonchev–Trinajstić information content (AvgIpc) is 3.49. The third kappa shape index (κ3) is 5.47. The van der Waals surface area contributed by atoms with Crippen LogP contribution in [0.1, 0.15) is 23.0 Å². The number of thioether (sulfide) groups is 1. The molecule has 1 N–H and O–H groups in total. The lowest BCUT2D eigenvalue weighted by Gasteiger charge is -2.09. The molecule has 1 amide bonds. The molecular weight excluding hydrogens is 440 g/mol. The van der Waals surface area contributed by atoms with E-state index in [2.05, 4.69) is 20.6 Å². The Morgan fingerprint density at radius 1 is 1.09 bits per heavy atom. The van der Waals surface area contributed by atoms with Crippen molar-refractivity contribution in [2.24, 2.45) is 0 Å². The van der Waals surface area contributed by atoms with Gasteiger partial charge in [-0.15, -0.1) is 10.2 Å². The molecule has 10 heteroatoms. The van der Waals surface area contributed by atoms with Crippen LogP contribution >= 0.6 is 11.8 Å². The summed E-state index contributed by atoms with van der Waals surface area (Å²) in [6.07, 6.45) is 3.30. The number of hydrogen-bond donors (Lipinski definition) is 1. The third-order valence-electron chi connectivity index (χ3n) is 4.63. The van der Waals surface area contributed by atoms with Crippen LogP contribution in [0.15, 0.2) is 72.3 Å². The van der Waals surface area contributed by atoms with Gasteiger partial charge in [-0.05, 0) is 50.2 Å². The van der Waals surface area contributed by atoms with E-state index in [4.69, 9.17) is 4.74 Å². The minimum atomic E-state index is -0.476. The van der Waals surface area contributed by atoms with Gasteiger partial charge >= 0.3 is 5.97 Å². The van der Waals surface area contributed by atoms with Crippen molar-refractivity contribution in [2.75, 3.05) is 17.7 Å². The number of carbonyl (C=O) groups is 2. The second-order valence-electron chi connectivity index (χ2n) is 7.07. The highest BCUT2D eigenvalue weighted by Crippen LogP contribution is 2.21. The van der Waals surface area contributed by atoms with Gasteiger partial charge in [0.25, 0.3) is 0 Å². The van der Waals surface area contributed by atoms with Crippen LogP contribution in [0, 0.1) is 6.92 Å². The Labute approximate surface area is 194 Å². The molecule has 4 aromatic rings. The zero-order valence-corrected chi connectivity index (χ0v) is 19.0. The normalized spacial score (nSPS) is 10.7. The number of nitrogens with one attached hydrogen (secondary N) is 1. The first kappa shape index (κ1) is 22.3. The van der Waals surface area contributed by atoms with Crippen molar-refractivity contribution in [3.8, 4) is 11.4 Å². The molecule has 168 valence electrons. The van der Waals surface area contributed by atoms with Gasteiger partial charge in [-0.3, -0.25) is 9.36 Å². The quantitative estimate of drug-likeness (QED) is 0.315. The number of esters is 1. The standard InChI is InChI=1S/C23H22N6O3S/c1-3-32-22(31)20-11-12-29(27-20)19-6-4-5-17(13-19)25-21(30)14-33-23-26-24-15-28(23)18-9-7-16(2)8-10-18/h4-13,15H,3,14H2,1-2H3,(H,25,30). The highest BCUT2D eigenvalue weighted by Gasteiger charge is 2.13. The lowest BCUT2D eigenvalue weighted by molar-refractivity contribution is -0.113. The summed E-state index contributed by atoms with van der Waals surface area (Å²) in [5, 5.41) is 15.8. The molecule has 4 rings (SSSR count). The average molecular weight is 463 g/mol. The van der Waals surface area contributed by atoms with Gasteiger partial charge in [-0.25, -0.2) is 9.48 Å². The molecule has 2 heterocycles. The maximum Gasteiger partial charge on any atom is 0.358 e. The number of hydrogen-bond acceptors (Lipinski definition) is 7. The smallest absolute Gasteiger partial charge is 0.358 e. The van der Waals surface area contributed by atoms with Gasteiger partial charge in [0.05, 0.1) is 18.0 Å². The molecular formula is C23H22N6O3S. The fourth-order valence-corrected chi connectivity index (χ4v) is 3.77. The summed E-state index contributed by atoms with van der Waals surface area (Å²) in [5.41, 5.74) is 3.64. The van der Waals surface area contributed by atoms with Gasteiger partial charge in [0.1, 0.15) is 6.33 Å². The summed E-state index contributed by atoms with van der Waals surface area (Å²) in [6.45, 7) is 4.05. The molecule has 33 heavy (non-hydrogen) atoms. The molecule has 0 unspecified atom stereocenters. The Bertz CT molecular complexity index is 1270. The first-order valence-corrected chi connectivity index (χ1v) is 11.2. The Morgan fingerprint density at radius 3 is 2.70 bits per heavy atom. The van der Waals surface area contributed by atoms with Crippen LogP contribution in [-0.2, 0) is 9.53 Å². The molecule has 0 spiro atoms. The zero-order valence-electron chi connectivity index (χ0n) is 18.1. The molecule has 0 aliphatic heterocycles. The topological polar surface area (TPSA) is 104 Å². The van der Waals surface area contributed by atoms with Crippen molar-refractivity contribution in [1.82, 2.24) is 24.5 Å². The van der Waals surface area contributed by atoms with Gasteiger partial charge in [-0.1, -0.05) is 35.5 Å². The van der Waals surface area contributed by atoms with E-state index in [1.54, 1.807) is 48.4 Å². The highest BCUT2D eigenvalue weighted by atomic mass is 32.2. The number of carbonyl (C=O) groups excluding carboxylic acids is 2. The summed E-state index contributed by atoms with van der Waals surface area (Å²) in [7, 11) is 0. The van der Waals surface area contributed by atoms with Crippen LogP contribution < -0.4 is 5.32 Å². The summed E-state index contributed by atoms with van der Waals surface area (Å²) in [5.74, 6) is -0.483. The number of anilines is 1. The van der Waals surface area contributed by atoms with Crippen molar-refractivity contribution in [2.45, 2.75) is 19.0 Å². The molecule has 2 aromatic heterocycles. The van der Waals surface area contributed by atoms with E-state index in [1.165, 1.54) is 11.8 Å². The van der Waals surface area contributed by atoms with Gasteiger partial charge in [-0.2, -0.15) is 5.10 Å². The van der Waals surface area contributed by atoms with E-state index < -0.39 is 5.97 Å². The molecule has 0 bridgehead atoms. The minimum Gasteiger partial charge on any atom is -0.461 e. The lowest BCUT2D eigenvalue weighted by Crippen LogP contribution is -2.14. The molecule has 0 radical (unpaired) electrons. The van der Waals surface area contributed by atoms with Gasteiger partial charge in [0, 0.05) is 17.6 Å². The van der Waals surface area contributed by atoms with Crippen LogP contribution in [0.25, 0.3) is 11.4 Å².